The van der Waals surface area contributed by atoms with Crippen LogP contribution in [-0.2, 0) is 63.7 Å². The number of hydrogen-bond acceptors (Lipinski definition) is 12. The van der Waals surface area contributed by atoms with E-state index in [2.05, 4.69) is 73.0 Å². The van der Waals surface area contributed by atoms with E-state index in [1.54, 1.807) is 41.3 Å². The van der Waals surface area contributed by atoms with Crippen LogP contribution in [0.5, 0.6) is 0 Å². The van der Waals surface area contributed by atoms with E-state index in [-0.39, 0.29) is 47.2 Å². The van der Waals surface area contributed by atoms with Crippen molar-refractivity contribution in [3.05, 3.63) is 144 Å². The first-order valence-electron chi connectivity index (χ1n) is 20.7. The zero-order valence-electron chi connectivity index (χ0n) is 37.0. The number of nitrogens with two attached hydrogens (primary N) is 1. The average Bonchev–Trinajstić information content (AvgIpc) is 4.20. The highest BCUT2D eigenvalue weighted by molar-refractivity contribution is 9.10. The summed E-state index contributed by atoms with van der Waals surface area (Å²) in [5, 5.41) is 16.3. The van der Waals surface area contributed by atoms with Gasteiger partial charge in [0.15, 0.2) is 24.9 Å². The van der Waals surface area contributed by atoms with Crippen LogP contribution < -0.4 is 21.7 Å². The minimum atomic E-state index is -0.599. The molecule has 2 aliphatic carbocycles. The third-order valence-electron chi connectivity index (χ3n) is 10.8. The summed E-state index contributed by atoms with van der Waals surface area (Å²) < 4.78 is 46.0. The molecule has 2 aromatic carbocycles. The smallest absolute Gasteiger partial charge is 0.419 e. The van der Waals surface area contributed by atoms with Gasteiger partial charge in [0.25, 0.3) is 11.8 Å². The largest absolute Gasteiger partial charge is 0.441 e. The maximum Gasteiger partial charge on any atom is 0.419 e. The van der Waals surface area contributed by atoms with Crippen LogP contribution in [0.3, 0.4) is 0 Å². The molecule has 3 amide bonds. The fourth-order valence-corrected chi connectivity index (χ4v) is 9.38. The summed E-state index contributed by atoms with van der Waals surface area (Å²) in [6, 6.07) is 7.68. The fourth-order valence-electron chi connectivity index (χ4n) is 7.61. The van der Waals surface area contributed by atoms with Gasteiger partial charge in [-0.15, -0.1) is 0 Å². The molecule has 0 spiro atoms. The molecule has 26 heteroatoms. The predicted molar refractivity (Wildman–Crippen MR) is 254 cm³/mol. The van der Waals surface area contributed by atoms with Crippen LogP contribution >= 0.6 is 55.1 Å². The van der Waals surface area contributed by atoms with Gasteiger partial charge in [0.1, 0.15) is 42.0 Å². The Morgan fingerprint density at radius 2 is 1.26 bits per heavy atom. The van der Waals surface area contributed by atoms with Crippen molar-refractivity contribution in [2.45, 2.75) is 51.0 Å². The Balaban J connectivity index is 0.000000164. The molecule has 5 heterocycles. The van der Waals surface area contributed by atoms with Crippen LogP contribution in [0.1, 0.15) is 79.8 Å². The molecule has 5 N–H and O–H groups in total. The summed E-state index contributed by atoms with van der Waals surface area (Å²) in [5.41, 5.74) is 11.5. The van der Waals surface area contributed by atoms with Gasteiger partial charge in [-0.3, -0.25) is 19.0 Å². The molecule has 0 saturated heterocycles. The van der Waals surface area contributed by atoms with Crippen molar-refractivity contribution in [3.8, 4) is 0 Å². The second kappa shape index (κ2) is 21.9. The van der Waals surface area contributed by atoms with Gasteiger partial charge in [0.05, 0.1) is 25.3 Å². The van der Waals surface area contributed by atoms with Crippen molar-refractivity contribution >= 4 is 90.4 Å². The second-order valence-electron chi connectivity index (χ2n) is 15.5. The van der Waals surface area contributed by atoms with Gasteiger partial charge in [0, 0.05) is 69.1 Å². The van der Waals surface area contributed by atoms with Crippen molar-refractivity contribution in [1.82, 2.24) is 53.5 Å². The second-order valence-corrected chi connectivity index (χ2v) is 17.8. The SMILES string of the molecule is Cn1c(Br)c2c(c1C(=O)Nc1ccc(F)c(Cl)c1)CCC2N.Cn1cnc(COC(=O)NC2CCc3c2c(Br)n(C)c3C(=O)Nc2ccc(F)c(Cl)c2)n1.Cn1cnc(COC(=O)n2ccnc2)n1. The summed E-state index contributed by atoms with van der Waals surface area (Å²) >= 11 is 18.6. The van der Waals surface area contributed by atoms with E-state index < -0.39 is 23.8 Å². The van der Waals surface area contributed by atoms with Crippen molar-refractivity contribution in [2.75, 3.05) is 10.6 Å². The summed E-state index contributed by atoms with van der Waals surface area (Å²) in [6.45, 7) is 0.00789. The molecule has 362 valence electrons. The van der Waals surface area contributed by atoms with Crippen LogP contribution in [0.15, 0.2) is 77.0 Å². The lowest BCUT2D eigenvalue weighted by atomic mass is 10.1. The number of halogens is 6. The summed E-state index contributed by atoms with van der Waals surface area (Å²) in [4.78, 5) is 60.8. The quantitative estimate of drug-likeness (QED) is 0.108. The molecule has 0 fully saturated rings. The molecule has 9 rings (SSSR count). The van der Waals surface area contributed by atoms with Gasteiger partial charge in [-0.2, -0.15) is 10.2 Å². The van der Waals surface area contributed by atoms with Gasteiger partial charge < -0.3 is 40.3 Å². The molecule has 20 nitrogen and oxygen atoms in total. The number of imidazole rings is 1. The average molecular weight is 1120 g/mol. The number of rotatable bonds is 9. The van der Waals surface area contributed by atoms with E-state index >= 15 is 0 Å². The van der Waals surface area contributed by atoms with E-state index in [1.807, 2.05) is 7.05 Å². The molecular weight excluding hydrogens is 1080 g/mol. The first kappa shape index (κ1) is 50.4. The first-order valence-corrected chi connectivity index (χ1v) is 23.0. The highest BCUT2D eigenvalue weighted by Gasteiger charge is 2.35. The van der Waals surface area contributed by atoms with E-state index in [4.69, 9.17) is 38.4 Å². The summed E-state index contributed by atoms with van der Waals surface area (Å²) in [5.74, 6) is -0.843. The molecule has 0 saturated carbocycles. The first-order chi connectivity index (χ1) is 32.9. The topological polar surface area (TPSA) is 238 Å². The third kappa shape index (κ3) is 11.7. The number of carbonyl (C=O) groups is 4. The number of benzene rings is 2. The van der Waals surface area contributed by atoms with Crippen LogP contribution in [0.25, 0.3) is 0 Å². The molecular formula is C43H42Br2Cl2F2N14O6. The van der Waals surface area contributed by atoms with Crippen LogP contribution in [0.4, 0.5) is 29.7 Å². The van der Waals surface area contributed by atoms with Crippen LogP contribution in [0, 0.1) is 11.6 Å². The molecule has 0 radical (unpaired) electrons. The number of aryl methyl sites for hydroxylation is 2. The van der Waals surface area contributed by atoms with Gasteiger partial charge in [0.2, 0.25) is 0 Å². The van der Waals surface area contributed by atoms with Crippen molar-refractivity contribution < 1.29 is 37.4 Å². The standard InChI is InChI=1S/C20H19BrClFN6O3.C15H14BrClFN3O.C8H9N5O2/c1-28-9-24-15(27-28)8-32-20(31)26-14-6-4-11-16(14)18(21)29(2)17(11)19(30)25-10-3-5-13(23)12(22)7-10;1-21-13(8-3-5-11(19)12(8)14(21)16)15(22)20-7-2-4-10(18)9(17)6-7;1-12-6-10-7(11-12)4-15-8(14)13-3-2-9-5-13/h3,5,7,9,14H,4,6,8H2,1-2H3,(H,25,30)(H,26,31);2,4,6,11H,3,5,19H2,1H3,(H,20,22);2-3,5-6H,4H2,1H3. The minimum absolute atomic E-state index is 0.0295. The lowest BCUT2D eigenvalue weighted by molar-refractivity contribution is 0.101. The Morgan fingerprint density at radius 1 is 0.754 bits per heavy atom. The third-order valence-corrected chi connectivity index (χ3v) is 13.3. The Bertz CT molecular complexity index is 3050. The zero-order chi connectivity index (χ0) is 49.7. The van der Waals surface area contributed by atoms with E-state index in [9.17, 15) is 28.0 Å². The highest BCUT2D eigenvalue weighted by Crippen LogP contribution is 2.41. The summed E-state index contributed by atoms with van der Waals surface area (Å²) in [7, 11) is 7.02. The number of fused-ring (bicyclic) bond motifs is 2. The maximum atomic E-state index is 13.4. The number of hydrogen-bond donors (Lipinski definition) is 4. The number of ether oxygens (including phenoxy) is 2. The lowest BCUT2D eigenvalue weighted by Crippen LogP contribution is -2.28. The van der Waals surface area contributed by atoms with Crippen molar-refractivity contribution in [2.24, 2.45) is 33.9 Å². The van der Waals surface area contributed by atoms with Crippen LogP contribution in [0.2, 0.25) is 10.0 Å². The molecule has 69 heavy (non-hydrogen) atoms. The zero-order valence-corrected chi connectivity index (χ0v) is 41.7. The summed E-state index contributed by atoms with van der Waals surface area (Å²) in [6.07, 6.45) is 9.14. The monoisotopic (exact) mass is 1120 g/mol. The molecule has 2 unspecified atom stereocenters. The molecule has 0 aliphatic heterocycles. The Labute approximate surface area is 418 Å². The molecule has 2 atom stereocenters. The number of amides is 3. The Kier molecular flexibility index (Phi) is 16.0. The van der Waals surface area contributed by atoms with E-state index in [0.717, 1.165) is 39.7 Å². The number of nitrogens with zero attached hydrogens (tertiary/aromatic N) is 10. The highest BCUT2D eigenvalue weighted by atomic mass is 79.9. The predicted octanol–water partition coefficient (Wildman–Crippen LogP) is 7.85. The Morgan fingerprint density at radius 3 is 1.75 bits per heavy atom. The number of alkyl carbamates (subject to hydrolysis) is 1. The molecule has 0 bridgehead atoms. The van der Waals surface area contributed by atoms with Crippen LogP contribution in [-0.4, -0.2) is 72.2 Å². The number of anilines is 2. The Hall–Kier alpha value is -6.47. The molecule has 7 aromatic rings. The fraction of sp³-hybridized carbons (Fsp3) is 0.279. The van der Waals surface area contributed by atoms with E-state index in [0.29, 0.717) is 51.9 Å². The molecule has 5 aromatic heterocycles. The van der Waals surface area contributed by atoms with Gasteiger partial charge >= 0.3 is 12.2 Å². The molecule has 2 aliphatic rings. The maximum absolute atomic E-state index is 13.4. The van der Waals surface area contributed by atoms with Gasteiger partial charge in [-0.25, -0.2) is 37.9 Å². The van der Waals surface area contributed by atoms with Crippen molar-refractivity contribution in [1.29, 1.82) is 0 Å². The lowest BCUT2D eigenvalue weighted by Gasteiger charge is -2.14. The number of carbonyl (C=O) groups excluding carboxylic acids is 4. The minimum Gasteiger partial charge on any atom is -0.441 e. The normalized spacial score (nSPS) is 14.4. The van der Waals surface area contributed by atoms with Gasteiger partial charge in [-0.1, -0.05) is 23.2 Å². The van der Waals surface area contributed by atoms with Crippen molar-refractivity contribution in [3.63, 3.8) is 0 Å². The van der Waals surface area contributed by atoms with Gasteiger partial charge in [-0.05, 0) is 105 Å². The number of nitrogens with one attached hydrogen (secondary N) is 3. The van der Waals surface area contributed by atoms with E-state index in [1.165, 1.54) is 70.7 Å². The number of aromatic nitrogens is 10.